The van der Waals surface area contributed by atoms with E-state index in [9.17, 15) is 13.2 Å². The Morgan fingerprint density at radius 2 is 1.60 bits per heavy atom. The van der Waals surface area contributed by atoms with E-state index in [2.05, 4.69) is 39.8 Å². The number of benzene rings is 2. The van der Waals surface area contributed by atoms with Crippen molar-refractivity contribution in [2.75, 3.05) is 11.9 Å². The number of halogens is 1. The van der Waals surface area contributed by atoms with Gasteiger partial charge in [0.2, 0.25) is 15.9 Å². The molecular weight excluding hydrogens is 464 g/mol. The first-order chi connectivity index (χ1) is 14.2. The SMILES string of the molecule is CCc1cc(Br)cc(CC)c1NC(=O)CCc1ccc(S(=O)(=O)NCC(C)C)cc1. The van der Waals surface area contributed by atoms with Crippen molar-refractivity contribution >= 4 is 37.5 Å². The molecule has 0 aromatic heterocycles. The van der Waals surface area contributed by atoms with Crippen LogP contribution in [0.15, 0.2) is 45.8 Å². The predicted octanol–water partition coefficient (Wildman–Crippen LogP) is 5.08. The first kappa shape index (κ1) is 24.6. The highest BCUT2D eigenvalue weighted by Crippen LogP contribution is 2.27. The van der Waals surface area contributed by atoms with E-state index < -0.39 is 10.0 Å². The number of hydrogen-bond donors (Lipinski definition) is 2. The second-order valence-electron chi connectivity index (χ2n) is 7.74. The van der Waals surface area contributed by atoms with Gasteiger partial charge in [0.25, 0.3) is 0 Å². The zero-order valence-electron chi connectivity index (χ0n) is 18.1. The van der Waals surface area contributed by atoms with Crippen LogP contribution in [0.1, 0.15) is 50.8 Å². The highest BCUT2D eigenvalue weighted by molar-refractivity contribution is 9.10. The normalized spacial score (nSPS) is 11.7. The Balaban J connectivity index is 2.01. The highest BCUT2D eigenvalue weighted by atomic mass is 79.9. The summed E-state index contributed by atoms with van der Waals surface area (Å²) < 4.78 is 28.2. The lowest BCUT2D eigenvalue weighted by Crippen LogP contribution is -2.27. The number of nitrogens with one attached hydrogen (secondary N) is 2. The average Bonchev–Trinajstić information content (AvgIpc) is 2.72. The summed E-state index contributed by atoms with van der Waals surface area (Å²) in [5.74, 6) is 0.196. The Kier molecular flexibility index (Phi) is 9.07. The van der Waals surface area contributed by atoms with E-state index in [-0.39, 0.29) is 16.7 Å². The molecule has 0 aliphatic heterocycles. The van der Waals surface area contributed by atoms with Crippen molar-refractivity contribution in [3.63, 3.8) is 0 Å². The third-order valence-electron chi connectivity index (χ3n) is 4.85. The highest BCUT2D eigenvalue weighted by Gasteiger charge is 2.15. The molecule has 0 saturated carbocycles. The zero-order valence-corrected chi connectivity index (χ0v) is 20.5. The number of carbonyl (C=O) groups is 1. The number of anilines is 1. The summed E-state index contributed by atoms with van der Waals surface area (Å²) >= 11 is 3.53. The van der Waals surface area contributed by atoms with Gasteiger partial charge in [-0.05, 0) is 66.1 Å². The molecule has 0 aliphatic carbocycles. The summed E-state index contributed by atoms with van der Waals surface area (Å²) in [6.45, 7) is 8.46. The van der Waals surface area contributed by atoms with E-state index in [1.165, 1.54) is 0 Å². The molecule has 0 radical (unpaired) electrons. The number of amides is 1. The van der Waals surface area contributed by atoms with E-state index in [0.717, 1.165) is 39.7 Å². The lowest BCUT2D eigenvalue weighted by atomic mass is 10.0. The van der Waals surface area contributed by atoms with Crippen LogP contribution >= 0.6 is 15.9 Å². The Labute approximate surface area is 188 Å². The van der Waals surface area contributed by atoms with Crippen molar-refractivity contribution < 1.29 is 13.2 Å². The number of rotatable bonds is 10. The molecule has 0 spiro atoms. The Morgan fingerprint density at radius 3 is 2.10 bits per heavy atom. The minimum absolute atomic E-state index is 0.0444. The van der Waals surface area contributed by atoms with Gasteiger partial charge in [0, 0.05) is 23.1 Å². The van der Waals surface area contributed by atoms with Crippen LogP contribution in [0.2, 0.25) is 0 Å². The molecule has 0 unspecified atom stereocenters. The first-order valence-corrected chi connectivity index (χ1v) is 12.6. The van der Waals surface area contributed by atoms with Crippen LogP contribution in [0.3, 0.4) is 0 Å². The maximum Gasteiger partial charge on any atom is 0.240 e. The van der Waals surface area contributed by atoms with Gasteiger partial charge in [0.1, 0.15) is 0 Å². The van der Waals surface area contributed by atoms with Gasteiger partial charge in [-0.15, -0.1) is 0 Å². The maximum absolute atomic E-state index is 12.6. The largest absolute Gasteiger partial charge is 0.326 e. The topological polar surface area (TPSA) is 75.3 Å². The number of hydrogen-bond acceptors (Lipinski definition) is 3. The van der Waals surface area contributed by atoms with E-state index in [4.69, 9.17) is 0 Å². The maximum atomic E-state index is 12.6. The van der Waals surface area contributed by atoms with E-state index in [0.29, 0.717) is 19.4 Å². The monoisotopic (exact) mass is 494 g/mol. The van der Waals surface area contributed by atoms with Crippen LogP contribution in [0.4, 0.5) is 5.69 Å². The third-order valence-corrected chi connectivity index (χ3v) is 6.75. The molecule has 2 rings (SSSR count). The summed E-state index contributed by atoms with van der Waals surface area (Å²) in [6, 6.07) is 10.8. The Bertz CT molecular complexity index is 945. The molecule has 2 aromatic carbocycles. The van der Waals surface area contributed by atoms with Gasteiger partial charge in [-0.1, -0.05) is 55.8 Å². The number of carbonyl (C=O) groups excluding carboxylic acids is 1. The predicted molar refractivity (Wildman–Crippen MR) is 126 cm³/mol. The number of aryl methyl sites for hydroxylation is 3. The van der Waals surface area contributed by atoms with Crippen LogP contribution in [-0.2, 0) is 34.1 Å². The van der Waals surface area contributed by atoms with Crippen LogP contribution in [-0.4, -0.2) is 20.9 Å². The molecule has 1 amide bonds. The Hall–Kier alpha value is -1.70. The minimum atomic E-state index is -3.50. The van der Waals surface area contributed by atoms with Crippen molar-refractivity contribution in [3.05, 3.63) is 57.6 Å². The Morgan fingerprint density at radius 1 is 1.03 bits per heavy atom. The molecule has 7 heteroatoms. The zero-order chi connectivity index (χ0) is 22.3. The summed E-state index contributed by atoms with van der Waals surface area (Å²) in [4.78, 5) is 12.8. The van der Waals surface area contributed by atoms with Gasteiger partial charge in [0.15, 0.2) is 0 Å². The molecule has 2 N–H and O–H groups in total. The van der Waals surface area contributed by atoms with E-state index >= 15 is 0 Å². The van der Waals surface area contributed by atoms with Gasteiger partial charge >= 0.3 is 0 Å². The third kappa shape index (κ3) is 6.93. The fourth-order valence-electron chi connectivity index (χ4n) is 3.10. The second kappa shape index (κ2) is 11.1. The molecule has 30 heavy (non-hydrogen) atoms. The van der Waals surface area contributed by atoms with Crippen LogP contribution in [0.25, 0.3) is 0 Å². The quantitative estimate of drug-likeness (QED) is 0.483. The molecule has 0 bridgehead atoms. The average molecular weight is 495 g/mol. The van der Waals surface area contributed by atoms with E-state index in [1.807, 2.05) is 26.0 Å². The van der Waals surface area contributed by atoms with Gasteiger partial charge in [-0.25, -0.2) is 13.1 Å². The summed E-state index contributed by atoms with van der Waals surface area (Å²) in [7, 11) is -3.50. The van der Waals surface area contributed by atoms with Gasteiger partial charge in [0.05, 0.1) is 4.90 Å². The van der Waals surface area contributed by atoms with Gasteiger partial charge in [-0.2, -0.15) is 0 Å². The van der Waals surface area contributed by atoms with Gasteiger partial charge in [-0.3, -0.25) is 4.79 Å². The van der Waals surface area contributed by atoms with Crippen molar-refractivity contribution in [2.24, 2.45) is 5.92 Å². The molecule has 0 atom stereocenters. The molecule has 5 nitrogen and oxygen atoms in total. The van der Waals surface area contributed by atoms with Crippen LogP contribution in [0, 0.1) is 5.92 Å². The summed E-state index contributed by atoms with van der Waals surface area (Å²) in [6.07, 6.45) is 2.55. The molecule has 2 aromatic rings. The molecule has 0 saturated heterocycles. The lowest BCUT2D eigenvalue weighted by molar-refractivity contribution is -0.116. The van der Waals surface area contributed by atoms with Crippen molar-refractivity contribution in [2.45, 2.75) is 58.3 Å². The molecule has 0 fully saturated rings. The van der Waals surface area contributed by atoms with Crippen molar-refractivity contribution in [3.8, 4) is 0 Å². The molecule has 0 aliphatic rings. The van der Waals surface area contributed by atoms with Gasteiger partial charge < -0.3 is 5.32 Å². The van der Waals surface area contributed by atoms with Crippen LogP contribution < -0.4 is 10.0 Å². The fraction of sp³-hybridized carbons (Fsp3) is 0.435. The lowest BCUT2D eigenvalue weighted by Gasteiger charge is -2.15. The summed E-state index contributed by atoms with van der Waals surface area (Å²) in [5.41, 5.74) is 4.05. The van der Waals surface area contributed by atoms with Crippen LogP contribution in [0.5, 0.6) is 0 Å². The first-order valence-electron chi connectivity index (χ1n) is 10.4. The van der Waals surface area contributed by atoms with E-state index in [1.54, 1.807) is 24.3 Å². The molecule has 0 heterocycles. The summed E-state index contributed by atoms with van der Waals surface area (Å²) in [5, 5.41) is 3.08. The van der Waals surface area contributed by atoms with Crippen molar-refractivity contribution in [1.82, 2.24) is 4.72 Å². The number of sulfonamides is 1. The molecular formula is C23H31BrN2O3S. The fourth-order valence-corrected chi connectivity index (χ4v) is 4.86. The van der Waals surface area contributed by atoms with Crippen molar-refractivity contribution in [1.29, 1.82) is 0 Å². The minimum Gasteiger partial charge on any atom is -0.326 e. The molecule has 164 valence electrons. The smallest absolute Gasteiger partial charge is 0.240 e. The standard InChI is InChI=1S/C23H31BrN2O3S/c1-5-18-13-20(24)14-19(6-2)23(18)26-22(27)12-9-17-7-10-21(11-8-17)30(28,29)25-15-16(3)4/h7-8,10-11,13-14,16,25H,5-6,9,12,15H2,1-4H3,(H,26,27). The second-order valence-corrected chi connectivity index (χ2v) is 10.4.